The van der Waals surface area contributed by atoms with Gasteiger partial charge in [-0.2, -0.15) is 0 Å². The van der Waals surface area contributed by atoms with Gasteiger partial charge in [-0.15, -0.1) is 0 Å². The Morgan fingerprint density at radius 1 is 0.879 bits per heavy atom. The van der Waals surface area contributed by atoms with E-state index in [4.69, 9.17) is 29.4 Å². The van der Waals surface area contributed by atoms with Crippen LogP contribution < -0.4 is 41.7 Å². The molecule has 2 aliphatic rings. The lowest BCUT2D eigenvalue weighted by Gasteiger charge is -2.37. The summed E-state index contributed by atoms with van der Waals surface area (Å²) in [5.41, 5.74) is 5.10. The van der Waals surface area contributed by atoms with Crippen molar-refractivity contribution in [3.63, 3.8) is 0 Å². The number of ether oxygens (including phenoxy) is 4. The minimum Gasteiger partial charge on any atom is -0.497 e. The lowest BCUT2D eigenvalue weighted by molar-refractivity contribution is -0.146. The van der Waals surface area contributed by atoms with Crippen LogP contribution in [-0.2, 0) is 40.7 Å². The third-order valence-electron chi connectivity index (χ3n) is 12.6. The minimum atomic E-state index is -2.55. The highest BCUT2D eigenvalue weighted by Gasteiger charge is 2.66. The Kier molecular flexibility index (Phi) is 18.6. The number of hydrogen-bond donors (Lipinski definition) is 7. The number of rotatable bonds is 24. The number of nitrogens with zero attached hydrogens (tertiary/aromatic N) is 1. The summed E-state index contributed by atoms with van der Waals surface area (Å²) in [6, 6.07) is 23.0. The zero-order valence-corrected chi connectivity index (χ0v) is 39.7. The molecule has 2 aliphatic heterocycles. The molecule has 0 radical (unpaired) electrons. The fourth-order valence-electron chi connectivity index (χ4n) is 9.12. The van der Waals surface area contributed by atoms with E-state index >= 15 is 4.79 Å². The summed E-state index contributed by atoms with van der Waals surface area (Å²) < 4.78 is 23.8. The number of hydroxylamine groups is 2. The van der Waals surface area contributed by atoms with Crippen molar-refractivity contribution in [2.75, 3.05) is 37.0 Å². The maximum Gasteiger partial charge on any atom is 0.407 e. The van der Waals surface area contributed by atoms with Gasteiger partial charge >= 0.3 is 12.2 Å². The predicted molar refractivity (Wildman–Crippen MR) is 251 cm³/mol. The highest BCUT2D eigenvalue weighted by atomic mass is 28.3. The summed E-state index contributed by atoms with van der Waals surface area (Å²) in [6.45, 7) is 12.8. The van der Waals surface area contributed by atoms with E-state index in [1.165, 1.54) is 6.92 Å². The van der Waals surface area contributed by atoms with Gasteiger partial charge in [-0.3, -0.25) is 30.3 Å². The summed E-state index contributed by atoms with van der Waals surface area (Å²) in [4.78, 5) is 67.2. The maximum atomic E-state index is 15.3. The van der Waals surface area contributed by atoms with E-state index < -0.39 is 49.9 Å². The molecule has 18 heteroatoms. The molecule has 17 nitrogen and oxygen atoms in total. The molecule has 5 rings (SSSR count). The number of unbranched alkanes of at least 4 members (excludes halogenated alkanes) is 4. The van der Waals surface area contributed by atoms with Crippen molar-refractivity contribution in [3.8, 4) is 5.75 Å². The Bertz CT molecular complexity index is 2140. The summed E-state index contributed by atoms with van der Waals surface area (Å²) in [6.07, 6.45) is 2.21. The number of nitrogens with one attached hydrogen (secondary N) is 5. The van der Waals surface area contributed by atoms with E-state index in [2.05, 4.69) is 60.2 Å². The number of carbonyl (C=O) groups excluding carboxylic acids is 5. The zero-order valence-electron chi connectivity index (χ0n) is 38.7. The first-order chi connectivity index (χ1) is 31.7. The molecule has 66 heavy (non-hydrogen) atoms. The van der Waals surface area contributed by atoms with E-state index in [9.17, 15) is 19.2 Å². The smallest absolute Gasteiger partial charge is 0.407 e. The van der Waals surface area contributed by atoms with Crippen molar-refractivity contribution in [2.45, 2.75) is 115 Å². The van der Waals surface area contributed by atoms with Gasteiger partial charge in [0, 0.05) is 48.8 Å². The van der Waals surface area contributed by atoms with Crippen molar-refractivity contribution in [1.82, 2.24) is 21.6 Å². The van der Waals surface area contributed by atoms with Gasteiger partial charge in [0.25, 0.3) is 11.8 Å². The largest absolute Gasteiger partial charge is 0.497 e. The van der Waals surface area contributed by atoms with Crippen LogP contribution in [0.15, 0.2) is 85.1 Å². The number of methoxy groups -OCH3 is 1. The summed E-state index contributed by atoms with van der Waals surface area (Å²) in [5, 5.41) is 27.0. The fraction of sp³-hybridized carbons (Fsp3) is 0.479. The van der Waals surface area contributed by atoms with Crippen LogP contribution in [0.4, 0.5) is 21.0 Å². The lowest BCUT2D eigenvalue weighted by Crippen LogP contribution is -2.51. The highest BCUT2D eigenvalue weighted by Crippen LogP contribution is 2.60. The molecule has 7 N–H and O–H groups in total. The molecule has 1 fully saturated rings. The fourth-order valence-corrected chi connectivity index (χ4v) is 13.2. The van der Waals surface area contributed by atoms with Gasteiger partial charge in [-0.05, 0) is 80.5 Å². The summed E-state index contributed by atoms with van der Waals surface area (Å²) >= 11 is 0. The van der Waals surface area contributed by atoms with Crippen LogP contribution >= 0.6 is 0 Å². The lowest BCUT2D eigenvalue weighted by atomic mass is 9.82. The Hall–Kier alpha value is -5.95. The first kappa shape index (κ1) is 51.0. The average molecular weight is 931 g/mol. The van der Waals surface area contributed by atoms with Crippen LogP contribution in [0.2, 0.25) is 18.6 Å². The van der Waals surface area contributed by atoms with Crippen molar-refractivity contribution in [1.29, 1.82) is 0 Å². The third kappa shape index (κ3) is 12.7. The molecule has 0 saturated carbocycles. The molecule has 0 unspecified atom stereocenters. The minimum absolute atomic E-state index is 0.0462. The maximum absolute atomic E-state index is 15.3. The average Bonchev–Trinajstić information content (AvgIpc) is 3.74. The quantitative estimate of drug-likeness (QED) is 0.0215. The van der Waals surface area contributed by atoms with Gasteiger partial charge < -0.3 is 39.8 Å². The van der Waals surface area contributed by atoms with Crippen LogP contribution in [0.25, 0.3) is 0 Å². The van der Waals surface area contributed by atoms with Crippen LogP contribution in [0.5, 0.6) is 5.75 Å². The van der Waals surface area contributed by atoms with Gasteiger partial charge in [0.05, 0.1) is 40.1 Å². The number of allylic oxidation sites excluding steroid dienone is 1. The molecule has 3 aromatic rings. The molecule has 358 valence electrons. The second-order valence-corrected chi connectivity index (χ2v) is 22.1. The van der Waals surface area contributed by atoms with Gasteiger partial charge in [0.1, 0.15) is 5.75 Å². The van der Waals surface area contributed by atoms with Crippen molar-refractivity contribution in [2.24, 2.45) is 5.92 Å². The van der Waals surface area contributed by atoms with Gasteiger partial charge in [0.2, 0.25) is 5.91 Å². The molecule has 0 bridgehead atoms. The molecular formula is C48H66N6O11Si. The molecule has 3 aromatic carbocycles. The molecule has 0 aromatic heterocycles. The highest BCUT2D eigenvalue weighted by molar-refractivity contribution is 6.91. The molecule has 1 saturated heterocycles. The summed E-state index contributed by atoms with van der Waals surface area (Å²) in [7, 11) is -0.925. The first-order valence-electron chi connectivity index (χ1n) is 22.7. The SMILES string of the molecule is C=C(CCCCCNC(=O)OCC[C@@H]1O[C@]2(C(=O)N(Cc3ccccc3)c3ccc(NC(=O)[C@@H](C)OC(=O)NCCCCCC(=O)NO)cc32)[C@H](C)[C@H]1[Si](C)(C)c1ccc(OC)cc1)NO. The Labute approximate surface area is 387 Å². The van der Waals surface area contributed by atoms with Crippen molar-refractivity contribution in [3.05, 3.63) is 96.2 Å². The van der Waals surface area contributed by atoms with Gasteiger partial charge in [0.15, 0.2) is 11.7 Å². The third-order valence-corrected chi connectivity index (χ3v) is 17.0. The van der Waals surface area contributed by atoms with E-state index in [0.717, 1.165) is 35.8 Å². The van der Waals surface area contributed by atoms with Gasteiger partial charge in [-0.25, -0.2) is 15.1 Å². The number of anilines is 2. The zero-order chi connectivity index (χ0) is 47.9. The van der Waals surface area contributed by atoms with Crippen LogP contribution in [-0.4, -0.2) is 87.4 Å². The molecule has 1 spiro atoms. The van der Waals surface area contributed by atoms with E-state index in [1.54, 1.807) is 35.7 Å². The van der Waals surface area contributed by atoms with Gasteiger partial charge in [-0.1, -0.05) is 87.1 Å². The second-order valence-electron chi connectivity index (χ2n) is 17.5. The van der Waals surface area contributed by atoms with Crippen LogP contribution in [0.1, 0.15) is 82.8 Å². The molecule has 5 atom stereocenters. The first-order valence-corrected chi connectivity index (χ1v) is 25.7. The van der Waals surface area contributed by atoms with Crippen LogP contribution in [0, 0.1) is 5.92 Å². The van der Waals surface area contributed by atoms with E-state index in [-0.39, 0.29) is 43.5 Å². The van der Waals surface area contributed by atoms with Crippen molar-refractivity contribution >= 4 is 54.5 Å². The van der Waals surface area contributed by atoms with E-state index in [0.29, 0.717) is 61.3 Å². The Balaban J connectivity index is 1.38. The molecule has 2 heterocycles. The second kappa shape index (κ2) is 24.0. The number of amides is 5. The number of hydrogen-bond acceptors (Lipinski definition) is 12. The Morgan fingerprint density at radius 3 is 2.20 bits per heavy atom. The topological polar surface area (TPSA) is 226 Å². The summed E-state index contributed by atoms with van der Waals surface area (Å²) in [5.74, 6) is -0.941. The predicted octanol–water partition coefficient (Wildman–Crippen LogP) is 6.75. The number of carbonyl (C=O) groups is 5. The number of benzene rings is 3. The Morgan fingerprint density at radius 2 is 1.55 bits per heavy atom. The van der Waals surface area contributed by atoms with Crippen LogP contribution in [0.3, 0.4) is 0 Å². The number of alkyl carbamates (subject to hydrolysis) is 2. The monoisotopic (exact) mass is 930 g/mol. The number of fused-ring (bicyclic) bond motifs is 2. The van der Waals surface area contributed by atoms with E-state index in [1.807, 2.05) is 42.5 Å². The molecule has 0 aliphatic carbocycles. The molecule has 5 amide bonds. The standard InChI is InChI=1S/C48H66N6O11Si/c1-32(52-60)16-10-8-14-27-49-46(58)63-29-26-41-43(66(5,6)38-23-21-37(62-4)22-24-38)33(2)48(65-41)39-30-36(20-25-40(39)54(45(48)57)31-35-17-11-7-12-18-35)51-44(56)34(3)64-47(59)50-28-15-9-13-19-42(55)53-61/h7,11-12,17-18,20-25,30,33-34,41,43,52,60-61H,1,8-10,13-16,19,26-29,31H2,2-6H3,(H,49,58)(H,50,59)(H,51,56)(H,53,55)/t33-,34-,41+,43-,48-/m1/s1. The normalized spacial score (nSPS) is 19.1. The van der Waals surface area contributed by atoms with Crippen molar-refractivity contribution < 1.29 is 53.3 Å². The molecular weight excluding hydrogens is 865 g/mol.